The number of hydrogen-bond donors (Lipinski definition) is 1. The Morgan fingerprint density at radius 3 is 2.14 bits per heavy atom. The van der Waals surface area contributed by atoms with Crippen LogP contribution >= 0.6 is 34.8 Å². The summed E-state index contributed by atoms with van der Waals surface area (Å²) in [6.07, 6.45) is -3.42. The Morgan fingerprint density at radius 2 is 1.56 bits per heavy atom. The summed E-state index contributed by atoms with van der Waals surface area (Å²) in [6.45, 7) is 2.49. The van der Waals surface area contributed by atoms with E-state index in [9.17, 15) is 31.2 Å². The van der Waals surface area contributed by atoms with E-state index in [1.54, 1.807) is 12.1 Å². The highest BCUT2D eigenvalue weighted by Crippen LogP contribution is 2.38. The summed E-state index contributed by atoms with van der Waals surface area (Å²) in [5.74, 6) is -1.41. The zero-order valence-corrected chi connectivity index (χ0v) is 26.3. The summed E-state index contributed by atoms with van der Waals surface area (Å²) < 4.78 is 69.4. The van der Waals surface area contributed by atoms with Gasteiger partial charge in [0.15, 0.2) is 0 Å². The second-order valence-electron chi connectivity index (χ2n) is 9.53. The third-order valence-corrected chi connectivity index (χ3v) is 9.37. The van der Waals surface area contributed by atoms with Gasteiger partial charge in [0.05, 0.1) is 21.2 Å². The van der Waals surface area contributed by atoms with Crippen molar-refractivity contribution in [3.8, 4) is 0 Å². The maximum absolute atomic E-state index is 14.0. The van der Waals surface area contributed by atoms with Gasteiger partial charge in [-0.1, -0.05) is 72.4 Å². The summed E-state index contributed by atoms with van der Waals surface area (Å²) in [5.41, 5.74) is -1.43. The third kappa shape index (κ3) is 8.56. The monoisotopic (exact) mass is 677 g/mol. The predicted molar refractivity (Wildman–Crippen MR) is 162 cm³/mol. The minimum absolute atomic E-state index is 0.199. The zero-order valence-electron chi connectivity index (χ0n) is 23.2. The van der Waals surface area contributed by atoms with Gasteiger partial charge in [0, 0.05) is 28.7 Å². The number of carbonyl (C=O) groups is 2. The lowest BCUT2D eigenvalue weighted by Crippen LogP contribution is -2.51. The Labute approximate surface area is 263 Å². The third-order valence-electron chi connectivity index (χ3n) is 6.54. The molecule has 1 N–H and O–H groups in total. The number of nitrogens with one attached hydrogen (secondary N) is 1. The molecule has 3 aromatic rings. The summed E-state index contributed by atoms with van der Waals surface area (Å²) in [6, 6.07) is 13.0. The molecule has 3 aromatic carbocycles. The molecule has 0 heterocycles. The molecule has 0 aliphatic heterocycles. The van der Waals surface area contributed by atoms with Crippen LogP contribution in [0, 0.1) is 0 Å². The van der Waals surface area contributed by atoms with Crippen LogP contribution in [0.2, 0.25) is 15.1 Å². The van der Waals surface area contributed by atoms with Crippen molar-refractivity contribution in [3.05, 3.63) is 92.9 Å². The molecule has 1 atom stereocenters. The number of anilines is 1. The number of sulfonamides is 1. The number of carbonyl (C=O) groups excluding carboxylic acids is 2. The van der Waals surface area contributed by atoms with Crippen molar-refractivity contribution in [2.75, 3.05) is 17.4 Å². The number of hydrogen-bond acceptors (Lipinski definition) is 4. The second-order valence-corrected chi connectivity index (χ2v) is 12.6. The molecule has 1 unspecified atom stereocenters. The van der Waals surface area contributed by atoms with Gasteiger partial charge in [0.1, 0.15) is 12.6 Å². The van der Waals surface area contributed by atoms with Gasteiger partial charge in [0.2, 0.25) is 11.8 Å². The largest absolute Gasteiger partial charge is 0.417 e. The van der Waals surface area contributed by atoms with E-state index in [4.69, 9.17) is 34.8 Å². The molecular weight excluding hydrogens is 650 g/mol. The van der Waals surface area contributed by atoms with Gasteiger partial charge >= 0.3 is 6.18 Å². The standard InChI is InChI=1S/C29H29Cl3F3N3O4S/c1-3-4-15-36-28(40)19(2)37(17-22-24(30)11-8-12-25(22)31)27(39)18-38(43(41,42)21-9-6-5-7-10-21)20-13-14-26(32)23(16-20)29(33,34)35/h5-14,16,19H,3-4,15,17-18H2,1-2H3,(H,36,40). The Hall–Kier alpha value is -2.99. The van der Waals surface area contributed by atoms with Crippen LogP contribution in [-0.2, 0) is 32.3 Å². The average molecular weight is 679 g/mol. The lowest BCUT2D eigenvalue weighted by Gasteiger charge is -2.32. The molecule has 0 aliphatic carbocycles. The number of rotatable bonds is 12. The van der Waals surface area contributed by atoms with E-state index in [1.807, 2.05) is 6.92 Å². The molecule has 14 heteroatoms. The fourth-order valence-corrected chi connectivity index (χ4v) is 6.28. The van der Waals surface area contributed by atoms with E-state index in [-0.39, 0.29) is 21.5 Å². The molecule has 0 saturated heterocycles. The summed E-state index contributed by atoms with van der Waals surface area (Å²) in [5, 5.41) is 2.49. The molecule has 0 saturated carbocycles. The molecule has 7 nitrogen and oxygen atoms in total. The van der Waals surface area contributed by atoms with Crippen molar-refractivity contribution in [2.24, 2.45) is 0 Å². The number of halogens is 6. The van der Waals surface area contributed by atoms with Gasteiger partial charge in [-0.15, -0.1) is 0 Å². The number of unbranched alkanes of at least 4 members (excludes halogenated alkanes) is 1. The van der Waals surface area contributed by atoms with Gasteiger partial charge in [-0.3, -0.25) is 13.9 Å². The van der Waals surface area contributed by atoms with Crippen LogP contribution in [0.1, 0.15) is 37.8 Å². The molecule has 0 fully saturated rings. The SMILES string of the molecule is CCCCNC(=O)C(C)N(Cc1c(Cl)cccc1Cl)C(=O)CN(c1ccc(Cl)c(C(F)(F)F)c1)S(=O)(=O)c1ccccc1. The Bertz CT molecular complexity index is 1540. The first-order valence-corrected chi connectivity index (χ1v) is 15.7. The molecular formula is C29H29Cl3F3N3O4S. The van der Waals surface area contributed by atoms with Crippen LogP contribution in [0.4, 0.5) is 18.9 Å². The lowest BCUT2D eigenvalue weighted by atomic mass is 10.1. The van der Waals surface area contributed by atoms with Crippen molar-refractivity contribution < 1.29 is 31.2 Å². The van der Waals surface area contributed by atoms with Crippen molar-refractivity contribution in [3.63, 3.8) is 0 Å². The predicted octanol–water partition coefficient (Wildman–Crippen LogP) is 7.19. The first-order valence-electron chi connectivity index (χ1n) is 13.1. The molecule has 0 aromatic heterocycles. The molecule has 0 aliphatic rings. The number of alkyl halides is 3. The molecule has 2 amide bonds. The van der Waals surface area contributed by atoms with Gasteiger partial charge in [0.25, 0.3) is 10.0 Å². The molecule has 3 rings (SSSR count). The van der Waals surface area contributed by atoms with Crippen molar-refractivity contribution in [1.82, 2.24) is 10.2 Å². The number of amides is 2. The summed E-state index contributed by atoms with van der Waals surface area (Å²) in [4.78, 5) is 27.8. The number of nitrogens with zero attached hydrogens (tertiary/aromatic N) is 2. The Kier molecular flexibility index (Phi) is 11.8. The van der Waals surface area contributed by atoms with E-state index < -0.39 is 56.9 Å². The minimum atomic E-state index is -4.91. The van der Waals surface area contributed by atoms with Crippen LogP contribution in [0.5, 0.6) is 0 Å². The topological polar surface area (TPSA) is 86.8 Å². The smallest absolute Gasteiger partial charge is 0.354 e. The van der Waals surface area contributed by atoms with E-state index >= 15 is 0 Å². The first kappa shape index (κ1) is 34.5. The minimum Gasteiger partial charge on any atom is -0.354 e. The van der Waals surface area contributed by atoms with E-state index in [2.05, 4.69) is 5.32 Å². The summed E-state index contributed by atoms with van der Waals surface area (Å²) >= 11 is 18.5. The molecule has 0 spiro atoms. The Balaban J connectivity index is 2.12. The molecule has 43 heavy (non-hydrogen) atoms. The number of benzene rings is 3. The van der Waals surface area contributed by atoms with Crippen molar-refractivity contribution in [1.29, 1.82) is 0 Å². The van der Waals surface area contributed by atoms with Gasteiger partial charge in [-0.25, -0.2) is 8.42 Å². The van der Waals surface area contributed by atoms with Crippen LogP contribution in [0.15, 0.2) is 71.6 Å². The van der Waals surface area contributed by atoms with Crippen LogP contribution in [-0.4, -0.2) is 44.3 Å². The fraction of sp³-hybridized carbons (Fsp3) is 0.310. The molecule has 232 valence electrons. The van der Waals surface area contributed by atoms with Crippen molar-refractivity contribution in [2.45, 2.75) is 50.3 Å². The normalized spacial score (nSPS) is 12.5. The maximum Gasteiger partial charge on any atom is 0.417 e. The van der Waals surface area contributed by atoms with Crippen molar-refractivity contribution >= 4 is 62.3 Å². The Morgan fingerprint density at radius 1 is 0.930 bits per heavy atom. The maximum atomic E-state index is 14.0. The molecule has 0 radical (unpaired) electrons. The highest BCUT2D eigenvalue weighted by Gasteiger charge is 2.37. The van der Waals surface area contributed by atoms with Crippen LogP contribution in [0.25, 0.3) is 0 Å². The second kappa shape index (κ2) is 14.7. The van der Waals surface area contributed by atoms with E-state index in [1.165, 1.54) is 43.3 Å². The highest BCUT2D eigenvalue weighted by atomic mass is 35.5. The lowest BCUT2D eigenvalue weighted by molar-refractivity contribution is -0.139. The molecule has 0 bridgehead atoms. The quantitative estimate of drug-likeness (QED) is 0.206. The van der Waals surface area contributed by atoms with E-state index in [0.29, 0.717) is 28.9 Å². The van der Waals surface area contributed by atoms with E-state index in [0.717, 1.165) is 23.5 Å². The summed E-state index contributed by atoms with van der Waals surface area (Å²) in [7, 11) is -4.59. The highest BCUT2D eigenvalue weighted by molar-refractivity contribution is 7.92. The fourth-order valence-electron chi connectivity index (χ4n) is 4.11. The van der Waals surface area contributed by atoms with Gasteiger partial charge < -0.3 is 10.2 Å². The van der Waals surface area contributed by atoms with Crippen LogP contribution in [0.3, 0.4) is 0 Å². The van der Waals surface area contributed by atoms with Crippen LogP contribution < -0.4 is 9.62 Å². The zero-order chi connectivity index (χ0) is 31.9. The first-order chi connectivity index (χ1) is 20.2. The average Bonchev–Trinajstić information content (AvgIpc) is 2.95. The van der Waals surface area contributed by atoms with Gasteiger partial charge in [-0.05, 0) is 55.8 Å². The van der Waals surface area contributed by atoms with Gasteiger partial charge in [-0.2, -0.15) is 13.2 Å².